The van der Waals surface area contributed by atoms with Crippen LogP contribution >= 0.6 is 0 Å². The average Bonchev–Trinajstić information content (AvgIpc) is 2.71. The zero-order chi connectivity index (χ0) is 20.4. The van der Waals surface area contributed by atoms with E-state index in [1.54, 1.807) is 0 Å². The highest BCUT2D eigenvalue weighted by Gasteiger charge is 2.35. The van der Waals surface area contributed by atoms with E-state index in [2.05, 4.69) is 59.7 Å². The van der Waals surface area contributed by atoms with Crippen molar-refractivity contribution < 1.29 is 0 Å². The molecular formula is C25H57N5. The predicted octanol–water partition coefficient (Wildman–Crippen LogP) is 3.66. The lowest BCUT2D eigenvalue weighted by molar-refractivity contribution is 0.0519. The van der Waals surface area contributed by atoms with Gasteiger partial charge in [-0.3, -0.25) is 0 Å². The van der Waals surface area contributed by atoms with Crippen LogP contribution in [-0.4, -0.2) is 125 Å². The molecule has 4 heterocycles. The van der Waals surface area contributed by atoms with Crippen LogP contribution in [-0.2, 0) is 0 Å². The fraction of sp³-hybridized carbons (Fsp3) is 1.00. The molecule has 0 saturated carbocycles. The molecule has 0 aromatic rings. The summed E-state index contributed by atoms with van der Waals surface area (Å²) in [4.78, 5) is 12.1. The Bertz CT molecular complexity index is 353. The van der Waals surface area contributed by atoms with Crippen LogP contribution in [0, 0.1) is 5.41 Å². The van der Waals surface area contributed by atoms with Gasteiger partial charge in [-0.2, -0.15) is 0 Å². The lowest BCUT2D eigenvalue weighted by Gasteiger charge is -2.45. The molecule has 5 heteroatoms. The minimum absolute atomic E-state index is 0. The van der Waals surface area contributed by atoms with Crippen LogP contribution in [0.2, 0.25) is 0 Å². The minimum atomic E-state index is 0. The quantitative estimate of drug-likeness (QED) is 0.585. The lowest BCUT2D eigenvalue weighted by Crippen LogP contribution is -2.44. The van der Waals surface area contributed by atoms with E-state index in [-0.39, 0.29) is 14.9 Å². The molecule has 0 aromatic carbocycles. The lowest BCUT2D eigenvalue weighted by atomic mass is 9.71. The summed E-state index contributed by atoms with van der Waals surface area (Å²) in [6, 6.07) is 0. The normalized spacial score (nSPS) is 26.3. The molecule has 0 atom stereocenters. The van der Waals surface area contributed by atoms with Gasteiger partial charge in [0.05, 0.1) is 0 Å². The molecule has 4 rings (SSSR count). The van der Waals surface area contributed by atoms with Crippen molar-refractivity contribution in [3.05, 3.63) is 0 Å². The second kappa shape index (κ2) is 15.6. The van der Waals surface area contributed by atoms with Gasteiger partial charge >= 0.3 is 0 Å². The fourth-order valence-corrected chi connectivity index (χ4v) is 4.64. The summed E-state index contributed by atoms with van der Waals surface area (Å²) in [5, 5.41) is 0. The van der Waals surface area contributed by atoms with Crippen LogP contribution < -0.4 is 0 Å². The summed E-state index contributed by atoms with van der Waals surface area (Å²) in [5.41, 5.74) is 0.735. The van der Waals surface area contributed by atoms with E-state index in [1.165, 1.54) is 110 Å². The van der Waals surface area contributed by atoms with E-state index >= 15 is 0 Å². The number of likely N-dealkylation sites (N-methyl/N-ethyl adjacent to an activating group) is 2. The van der Waals surface area contributed by atoms with Gasteiger partial charge in [0.15, 0.2) is 0 Å². The average molecular weight is 428 g/mol. The van der Waals surface area contributed by atoms with Crippen molar-refractivity contribution in [2.24, 2.45) is 5.41 Å². The van der Waals surface area contributed by atoms with Gasteiger partial charge in [0.1, 0.15) is 0 Å². The van der Waals surface area contributed by atoms with Gasteiger partial charge in [-0.1, -0.05) is 21.3 Å². The highest BCUT2D eigenvalue weighted by Crippen LogP contribution is 2.40. The predicted molar refractivity (Wildman–Crippen MR) is 136 cm³/mol. The maximum atomic E-state index is 2.48. The van der Waals surface area contributed by atoms with Crippen molar-refractivity contribution >= 4 is 0 Å². The second-order valence-corrected chi connectivity index (χ2v) is 10.1. The molecule has 0 aromatic heterocycles. The van der Waals surface area contributed by atoms with Gasteiger partial charge in [0.25, 0.3) is 0 Å². The van der Waals surface area contributed by atoms with E-state index in [0.717, 1.165) is 5.41 Å². The third-order valence-electron chi connectivity index (χ3n) is 7.40. The molecule has 0 radical (unpaired) electrons. The van der Waals surface area contributed by atoms with Crippen molar-refractivity contribution in [2.45, 2.75) is 59.8 Å². The van der Waals surface area contributed by atoms with Crippen molar-refractivity contribution in [2.75, 3.05) is 101 Å². The smallest absolute Gasteiger partial charge is 0.0107 e. The largest absolute Gasteiger partial charge is 0.306 e. The third kappa shape index (κ3) is 11.4. The van der Waals surface area contributed by atoms with Gasteiger partial charge < -0.3 is 24.5 Å². The Morgan fingerprint density at radius 2 is 0.633 bits per heavy atom. The minimum Gasteiger partial charge on any atom is -0.306 e. The van der Waals surface area contributed by atoms with E-state index in [1.807, 2.05) is 0 Å². The standard InChI is InChI=1S/C11H22N2.C6H14N2.C6H13N.2CH4/c1-12-7-3-11(4-8-12)5-9-13(2)10-6-11;1-7-3-5-8(2)6-4-7;1-7-5-3-2-4-6-7;;/h3-10H2,1-2H3;3-6H2,1-2H3;2-6H2,1H3;2*1H4. The molecule has 30 heavy (non-hydrogen) atoms. The number of hydrogen-bond donors (Lipinski definition) is 0. The molecule has 4 fully saturated rings. The number of hydrogen-bond acceptors (Lipinski definition) is 5. The molecule has 0 amide bonds. The number of piperidine rings is 3. The number of piperazine rings is 1. The Morgan fingerprint density at radius 3 is 0.900 bits per heavy atom. The molecule has 0 N–H and O–H groups in total. The zero-order valence-corrected chi connectivity index (χ0v) is 19.8. The molecule has 182 valence electrons. The van der Waals surface area contributed by atoms with E-state index in [4.69, 9.17) is 0 Å². The highest BCUT2D eigenvalue weighted by molar-refractivity contribution is 4.89. The topological polar surface area (TPSA) is 16.2 Å². The Labute approximate surface area is 190 Å². The van der Waals surface area contributed by atoms with E-state index < -0.39 is 0 Å². The summed E-state index contributed by atoms with van der Waals surface area (Å²) in [5.74, 6) is 0. The van der Waals surface area contributed by atoms with Gasteiger partial charge in [0.2, 0.25) is 0 Å². The SMILES string of the molecule is C.C.CN1CCC2(CC1)CCN(C)CC2.CN1CCCCC1.CN1CCN(C)CC1. The van der Waals surface area contributed by atoms with Crippen LogP contribution in [0.15, 0.2) is 0 Å². The second-order valence-electron chi connectivity index (χ2n) is 10.1. The first kappa shape index (κ1) is 29.8. The summed E-state index contributed by atoms with van der Waals surface area (Å²) >= 11 is 0. The number of likely N-dealkylation sites (tertiary alicyclic amines) is 3. The van der Waals surface area contributed by atoms with Gasteiger partial charge in [0, 0.05) is 26.2 Å². The summed E-state index contributed by atoms with van der Waals surface area (Å²) in [6.07, 6.45) is 10.0. The van der Waals surface area contributed by atoms with Crippen molar-refractivity contribution in [3.8, 4) is 0 Å². The Balaban J connectivity index is 0.000000433. The van der Waals surface area contributed by atoms with Crippen LogP contribution in [0.5, 0.6) is 0 Å². The first-order valence-electron chi connectivity index (χ1n) is 11.8. The first-order valence-corrected chi connectivity index (χ1v) is 11.8. The molecule has 5 nitrogen and oxygen atoms in total. The van der Waals surface area contributed by atoms with Crippen molar-refractivity contribution in [1.82, 2.24) is 24.5 Å². The third-order valence-corrected chi connectivity index (χ3v) is 7.40. The van der Waals surface area contributed by atoms with Gasteiger partial charge in [-0.25, -0.2) is 0 Å². The number of nitrogens with zero attached hydrogens (tertiary/aromatic N) is 5. The van der Waals surface area contributed by atoms with Crippen molar-refractivity contribution in [3.63, 3.8) is 0 Å². The first-order chi connectivity index (χ1) is 13.4. The summed E-state index contributed by atoms with van der Waals surface area (Å²) in [6.45, 7) is 12.9. The molecule has 0 aliphatic carbocycles. The Hall–Kier alpha value is -0.200. The maximum Gasteiger partial charge on any atom is 0.0107 e. The van der Waals surface area contributed by atoms with Gasteiger partial charge in [-0.05, 0) is 118 Å². The van der Waals surface area contributed by atoms with Crippen LogP contribution in [0.1, 0.15) is 59.8 Å². The summed E-state index contributed by atoms with van der Waals surface area (Å²) < 4.78 is 0. The van der Waals surface area contributed by atoms with E-state index in [9.17, 15) is 0 Å². The monoisotopic (exact) mass is 427 g/mol. The van der Waals surface area contributed by atoms with Crippen LogP contribution in [0.3, 0.4) is 0 Å². The Morgan fingerprint density at radius 1 is 0.367 bits per heavy atom. The molecule has 1 spiro atoms. The summed E-state index contributed by atoms with van der Waals surface area (Å²) in [7, 11) is 11.0. The maximum absolute atomic E-state index is 2.48. The molecule has 4 saturated heterocycles. The molecule has 0 bridgehead atoms. The number of rotatable bonds is 0. The Kier molecular flexibility index (Phi) is 15.5. The molecule has 4 aliphatic rings. The molecule has 4 aliphatic heterocycles. The zero-order valence-electron chi connectivity index (χ0n) is 19.8. The van der Waals surface area contributed by atoms with Gasteiger partial charge in [-0.15, -0.1) is 0 Å². The fourth-order valence-electron chi connectivity index (χ4n) is 4.64. The highest BCUT2D eigenvalue weighted by atomic mass is 15.2. The van der Waals surface area contributed by atoms with Crippen LogP contribution in [0.25, 0.3) is 0 Å². The van der Waals surface area contributed by atoms with Crippen molar-refractivity contribution in [1.29, 1.82) is 0 Å². The molecular weight excluding hydrogens is 370 g/mol. The van der Waals surface area contributed by atoms with Crippen LogP contribution in [0.4, 0.5) is 0 Å². The molecule has 0 unspecified atom stereocenters. The van der Waals surface area contributed by atoms with E-state index in [0.29, 0.717) is 0 Å².